The quantitative estimate of drug-likeness (QED) is 0.527. The topological polar surface area (TPSA) is 29.1 Å². The van der Waals surface area contributed by atoms with E-state index in [0.29, 0.717) is 0 Å². The lowest BCUT2D eigenvalue weighted by atomic mass is 10.4. The molecule has 45 valence electrons. The van der Waals surface area contributed by atoms with Crippen LogP contribution in [0.4, 0.5) is 0 Å². The van der Waals surface area contributed by atoms with Gasteiger partial charge in [0.25, 0.3) is 0 Å². The summed E-state index contributed by atoms with van der Waals surface area (Å²) in [6.07, 6.45) is 1.24. The third kappa shape index (κ3) is 3.40. The van der Waals surface area contributed by atoms with Gasteiger partial charge in [-0.25, -0.2) is 0 Å². The van der Waals surface area contributed by atoms with Crippen molar-refractivity contribution < 1.29 is 4.79 Å². The fourth-order valence-electron chi connectivity index (χ4n) is 0.297. The molecular weight excluding hydrogens is 102 g/mol. The van der Waals surface area contributed by atoms with Gasteiger partial charge in [0.1, 0.15) is 0 Å². The smallest absolute Gasteiger partial charge is 0.243 e. The first-order valence-corrected chi connectivity index (χ1v) is 2.40. The summed E-state index contributed by atoms with van der Waals surface area (Å²) in [5.74, 6) is -0.148. The van der Waals surface area contributed by atoms with E-state index in [9.17, 15) is 4.79 Å². The molecule has 0 atom stereocenters. The fraction of sp³-hybridized carbons (Fsp3) is 0.333. The summed E-state index contributed by atoms with van der Waals surface area (Å²) in [6.45, 7) is 6.93. The van der Waals surface area contributed by atoms with Gasteiger partial charge in [0.2, 0.25) is 5.91 Å². The standard InChI is InChI=1S/C6H10NO/c1-4-6(8)7-5(2)3/h4H,1H2,2-3H3,(H,7,8). The number of carbonyl (C=O) groups excluding carboxylic acids is 1. The molecule has 2 heteroatoms. The number of amides is 1. The number of hydrogen-bond donors (Lipinski definition) is 1. The first-order chi connectivity index (χ1) is 3.66. The van der Waals surface area contributed by atoms with Gasteiger partial charge < -0.3 is 5.32 Å². The summed E-state index contributed by atoms with van der Waals surface area (Å²) in [7, 11) is 0. The molecule has 0 aromatic carbocycles. The Hall–Kier alpha value is -0.790. The van der Waals surface area contributed by atoms with Crippen molar-refractivity contribution in [2.24, 2.45) is 0 Å². The van der Waals surface area contributed by atoms with Crippen molar-refractivity contribution in [1.82, 2.24) is 5.32 Å². The molecule has 0 saturated heterocycles. The average molecular weight is 112 g/mol. The van der Waals surface area contributed by atoms with Gasteiger partial charge in [0.05, 0.1) is 6.04 Å². The maximum Gasteiger partial charge on any atom is 0.243 e. The van der Waals surface area contributed by atoms with Gasteiger partial charge in [-0.05, 0) is 19.9 Å². The summed E-state index contributed by atoms with van der Waals surface area (Å²) < 4.78 is 0. The molecule has 1 amide bonds. The van der Waals surface area contributed by atoms with Gasteiger partial charge in [-0.1, -0.05) is 6.58 Å². The van der Waals surface area contributed by atoms with E-state index < -0.39 is 0 Å². The summed E-state index contributed by atoms with van der Waals surface area (Å²) in [4.78, 5) is 10.4. The molecule has 8 heavy (non-hydrogen) atoms. The molecule has 1 N–H and O–H groups in total. The molecule has 0 aliphatic rings. The van der Waals surface area contributed by atoms with Crippen molar-refractivity contribution in [2.75, 3.05) is 0 Å². The summed E-state index contributed by atoms with van der Waals surface area (Å²) >= 11 is 0. The molecule has 0 aliphatic carbocycles. The Morgan fingerprint density at radius 3 is 2.25 bits per heavy atom. The second kappa shape index (κ2) is 3.24. The number of carbonyl (C=O) groups is 1. The minimum absolute atomic E-state index is 0.148. The highest BCUT2D eigenvalue weighted by Gasteiger charge is 1.94. The van der Waals surface area contributed by atoms with Crippen LogP contribution in [0.5, 0.6) is 0 Å². The highest BCUT2D eigenvalue weighted by atomic mass is 16.1. The Labute approximate surface area is 49.6 Å². The molecule has 0 saturated carbocycles. The van der Waals surface area contributed by atoms with Gasteiger partial charge in [-0.3, -0.25) is 4.79 Å². The van der Waals surface area contributed by atoms with Gasteiger partial charge in [-0.15, -0.1) is 0 Å². The van der Waals surface area contributed by atoms with E-state index in [0.717, 1.165) is 6.04 Å². The predicted octanol–water partition coefficient (Wildman–Crippen LogP) is 0.860. The van der Waals surface area contributed by atoms with Gasteiger partial charge >= 0.3 is 0 Å². The highest BCUT2D eigenvalue weighted by molar-refractivity contribution is 5.87. The molecule has 0 unspecified atom stereocenters. The van der Waals surface area contributed by atoms with Gasteiger partial charge in [-0.2, -0.15) is 0 Å². The number of rotatable bonds is 2. The number of hydrogen-bond acceptors (Lipinski definition) is 1. The zero-order valence-corrected chi connectivity index (χ0v) is 5.19. The van der Waals surface area contributed by atoms with Gasteiger partial charge in [0, 0.05) is 0 Å². The van der Waals surface area contributed by atoms with E-state index in [2.05, 4.69) is 11.9 Å². The first kappa shape index (κ1) is 7.21. The van der Waals surface area contributed by atoms with Crippen LogP contribution in [-0.2, 0) is 4.79 Å². The Bertz CT molecular complexity index is 96.7. The SMILES string of the molecule is C=CC(=O)N[C](C)C. The Kier molecular flexibility index (Phi) is 2.92. The molecule has 0 spiro atoms. The molecule has 0 rings (SSSR count). The normalized spacial score (nSPS) is 8.88. The lowest BCUT2D eigenvalue weighted by molar-refractivity contribution is -0.116. The van der Waals surface area contributed by atoms with Crippen molar-refractivity contribution in [3.8, 4) is 0 Å². The minimum Gasteiger partial charge on any atom is -0.345 e. The number of nitrogens with one attached hydrogen (secondary N) is 1. The lowest BCUT2D eigenvalue weighted by Gasteiger charge is -2.01. The van der Waals surface area contributed by atoms with Crippen LogP contribution >= 0.6 is 0 Å². The lowest BCUT2D eigenvalue weighted by Crippen LogP contribution is -2.21. The minimum atomic E-state index is -0.148. The summed E-state index contributed by atoms with van der Waals surface area (Å²) in [5, 5.41) is 2.55. The van der Waals surface area contributed by atoms with Crippen LogP contribution < -0.4 is 5.32 Å². The zero-order chi connectivity index (χ0) is 6.57. The van der Waals surface area contributed by atoms with Crippen LogP contribution in [0.15, 0.2) is 12.7 Å². The van der Waals surface area contributed by atoms with Crippen LogP contribution in [0.25, 0.3) is 0 Å². The van der Waals surface area contributed by atoms with E-state index in [1.54, 1.807) is 0 Å². The molecule has 0 bridgehead atoms. The van der Waals surface area contributed by atoms with E-state index in [-0.39, 0.29) is 5.91 Å². The molecule has 0 fully saturated rings. The van der Waals surface area contributed by atoms with Crippen molar-refractivity contribution in [1.29, 1.82) is 0 Å². The summed E-state index contributed by atoms with van der Waals surface area (Å²) in [5.41, 5.74) is 0. The highest BCUT2D eigenvalue weighted by Crippen LogP contribution is 1.85. The Balaban J connectivity index is 3.39. The maximum absolute atomic E-state index is 10.4. The second-order valence-corrected chi connectivity index (χ2v) is 1.69. The monoisotopic (exact) mass is 112 g/mol. The molecular formula is C6H10NO. The first-order valence-electron chi connectivity index (χ1n) is 2.40. The third-order valence-electron chi connectivity index (χ3n) is 0.559. The van der Waals surface area contributed by atoms with E-state index in [1.807, 2.05) is 13.8 Å². The van der Waals surface area contributed by atoms with Gasteiger partial charge in [0.15, 0.2) is 0 Å². The van der Waals surface area contributed by atoms with Crippen molar-refractivity contribution in [2.45, 2.75) is 13.8 Å². The van der Waals surface area contributed by atoms with Crippen LogP contribution in [0.1, 0.15) is 13.8 Å². The van der Waals surface area contributed by atoms with Crippen molar-refractivity contribution in [3.05, 3.63) is 18.7 Å². The second-order valence-electron chi connectivity index (χ2n) is 1.69. The fourth-order valence-corrected chi connectivity index (χ4v) is 0.297. The molecule has 0 aromatic heterocycles. The summed E-state index contributed by atoms with van der Waals surface area (Å²) in [6, 6.07) is 0.884. The van der Waals surface area contributed by atoms with E-state index in [4.69, 9.17) is 0 Å². The van der Waals surface area contributed by atoms with Crippen LogP contribution in [0.3, 0.4) is 0 Å². The van der Waals surface area contributed by atoms with E-state index in [1.165, 1.54) is 6.08 Å². The predicted molar refractivity (Wildman–Crippen MR) is 32.9 cm³/mol. The molecule has 0 heterocycles. The average Bonchev–Trinajstić information content (AvgIpc) is 1.65. The zero-order valence-electron chi connectivity index (χ0n) is 5.19. The molecule has 0 aromatic rings. The largest absolute Gasteiger partial charge is 0.345 e. The maximum atomic E-state index is 10.4. The van der Waals surface area contributed by atoms with Crippen LogP contribution in [-0.4, -0.2) is 5.91 Å². The van der Waals surface area contributed by atoms with Crippen molar-refractivity contribution in [3.63, 3.8) is 0 Å². The van der Waals surface area contributed by atoms with Crippen molar-refractivity contribution >= 4 is 5.91 Å². The van der Waals surface area contributed by atoms with Crippen LogP contribution in [0, 0.1) is 6.04 Å². The van der Waals surface area contributed by atoms with Crippen LogP contribution in [0.2, 0.25) is 0 Å². The third-order valence-corrected chi connectivity index (χ3v) is 0.559. The van der Waals surface area contributed by atoms with E-state index >= 15 is 0 Å². The Morgan fingerprint density at radius 2 is 2.12 bits per heavy atom. The molecule has 1 radical (unpaired) electrons. The molecule has 0 aliphatic heterocycles. The molecule has 2 nitrogen and oxygen atoms in total. The Morgan fingerprint density at radius 1 is 1.62 bits per heavy atom.